The van der Waals surface area contributed by atoms with Crippen LogP contribution in [0.5, 0.6) is 0 Å². The minimum atomic E-state index is 0.937. The van der Waals surface area contributed by atoms with Crippen molar-refractivity contribution < 1.29 is 4.42 Å². The molecule has 0 unspecified atom stereocenters. The smallest absolute Gasteiger partial charge is 0.136 e. The summed E-state index contributed by atoms with van der Waals surface area (Å²) >= 11 is 0. The SMILES string of the molecule is c1ccc2cc3c(cc2c1)c1ccccc1n3-c1ccc(-c2c3ccccc3c(-c3cc4cccc5oc6cccc3c6c45)c3ccccc23)cc1. The molecule has 0 N–H and O–H groups in total. The van der Waals surface area contributed by atoms with Crippen LogP contribution in [0.3, 0.4) is 0 Å². The van der Waals surface area contributed by atoms with Crippen LogP contribution >= 0.6 is 0 Å². The molecule has 240 valence electrons. The van der Waals surface area contributed by atoms with E-state index in [-0.39, 0.29) is 0 Å². The highest BCUT2D eigenvalue weighted by Crippen LogP contribution is 2.48. The highest BCUT2D eigenvalue weighted by atomic mass is 16.3. The van der Waals surface area contributed by atoms with Crippen LogP contribution in [0.1, 0.15) is 0 Å². The van der Waals surface area contributed by atoms with Gasteiger partial charge in [0, 0.05) is 27.2 Å². The first-order chi connectivity index (χ1) is 25.8. The molecule has 0 spiro atoms. The first kappa shape index (κ1) is 27.9. The quantitative estimate of drug-likeness (QED) is 0.136. The van der Waals surface area contributed by atoms with Gasteiger partial charge >= 0.3 is 0 Å². The molecule has 0 bridgehead atoms. The topological polar surface area (TPSA) is 18.1 Å². The maximum Gasteiger partial charge on any atom is 0.136 e. The first-order valence-electron chi connectivity index (χ1n) is 17.9. The molecule has 2 heterocycles. The fourth-order valence-corrected chi connectivity index (χ4v) is 9.12. The maximum atomic E-state index is 6.36. The summed E-state index contributed by atoms with van der Waals surface area (Å²) in [5, 5.41) is 14.9. The van der Waals surface area contributed by atoms with E-state index in [0.29, 0.717) is 0 Å². The van der Waals surface area contributed by atoms with Crippen molar-refractivity contribution in [2.24, 2.45) is 0 Å². The van der Waals surface area contributed by atoms with Crippen molar-refractivity contribution in [3.8, 4) is 27.9 Å². The van der Waals surface area contributed by atoms with E-state index in [1.807, 2.05) is 0 Å². The Labute approximate surface area is 298 Å². The van der Waals surface area contributed by atoms with Gasteiger partial charge in [-0.1, -0.05) is 127 Å². The molecule has 10 aromatic carbocycles. The third-order valence-corrected chi connectivity index (χ3v) is 11.3. The zero-order valence-corrected chi connectivity index (χ0v) is 28.1. The molecule has 12 aromatic rings. The number of para-hydroxylation sites is 1. The highest BCUT2D eigenvalue weighted by molar-refractivity contribution is 6.29. The lowest BCUT2D eigenvalue weighted by atomic mass is 9.84. The molecule has 0 atom stereocenters. The normalized spacial score (nSPS) is 12.2. The van der Waals surface area contributed by atoms with E-state index in [0.717, 1.165) is 16.9 Å². The second kappa shape index (κ2) is 10.3. The lowest BCUT2D eigenvalue weighted by Crippen LogP contribution is -1.95. The van der Waals surface area contributed by atoms with E-state index in [2.05, 4.69) is 180 Å². The Balaban J connectivity index is 1.11. The average Bonchev–Trinajstić information content (AvgIpc) is 3.74. The van der Waals surface area contributed by atoms with Crippen LogP contribution in [-0.4, -0.2) is 4.57 Å². The number of furan rings is 1. The third-order valence-electron chi connectivity index (χ3n) is 11.3. The number of hydrogen-bond acceptors (Lipinski definition) is 1. The Morgan fingerprint density at radius 3 is 1.63 bits per heavy atom. The molecule has 52 heavy (non-hydrogen) atoms. The summed E-state index contributed by atoms with van der Waals surface area (Å²) < 4.78 is 8.78. The summed E-state index contributed by atoms with van der Waals surface area (Å²) in [5.74, 6) is 0. The molecule has 0 aliphatic heterocycles. The van der Waals surface area contributed by atoms with Gasteiger partial charge in [-0.3, -0.25) is 0 Å². The predicted molar refractivity (Wildman–Crippen MR) is 220 cm³/mol. The van der Waals surface area contributed by atoms with Crippen LogP contribution in [0.2, 0.25) is 0 Å². The maximum absolute atomic E-state index is 6.36. The largest absolute Gasteiger partial charge is 0.456 e. The van der Waals surface area contributed by atoms with Gasteiger partial charge in [-0.05, 0) is 114 Å². The molecule has 0 saturated heterocycles. The Hall–Kier alpha value is -6.90. The molecule has 0 aliphatic carbocycles. The van der Waals surface area contributed by atoms with Gasteiger partial charge in [0.25, 0.3) is 0 Å². The van der Waals surface area contributed by atoms with Gasteiger partial charge in [0.05, 0.1) is 11.0 Å². The van der Waals surface area contributed by atoms with Crippen LogP contribution in [0, 0.1) is 0 Å². The summed E-state index contributed by atoms with van der Waals surface area (Å²) in [5.41, 5.74) is 10.4. The van der Waals surface area contributed by atoms with Crippen molar-refractivity contribution in [3.63, 3.8) is 0 Å². The Kier molecular flexibility index (Phi) is 5.53. The van der Waals surface area contributed by atoms with Crippen molar-refractivity contribution in [3.05, 3.63) is 176 Å². The fourth-order valence-electron chi connectivity index (χ4n) is 9.12. The molecule has 12 rings (SSSR count). The van der Waals surface area contributed by atoms with Gasteiger partial charge in [0.2, 0.25) is 0 Å². The zero-order valence-electron chi connectivity index (χ0n) is 28.1. The van der Waals surface area contributed by atoms with Gasteiger partial charge in [0.1, 0.15) is 11.2 Å². The molecule has 2 aromatic heterocycles. The molecule has 2 heteroatoms. The number of benzene rings is 10. The number of rotatable bonds is 3. The molecule has 0 radical (unpaired) electrons. The standard InChI is InChI=1S/C50H29NO/c1-2-12-32-29-44-41(27-31(32)11-1)35-14-7-8-20-43(35)51(44)34-25-23-30(24-26-34)47-36-15-3-5-17-38(36)49(39-18-6-4-16-37(39)47)42-28-33-13-9-21-45-48(33)50-40(42)19-10-22-46(50)52-45/h1-29H. The lowest BCUT2D eigenvalue weighted by molar-refractivity contribution is 0.669. The monoisotopic (exact) mass is 659 g/mol. The second-order valence-corrected chi connectivity index (χ2v) is 14.0. The van der Waals surface area contributed by atoms with Crippen LogP contribution < -0.4 is 0 Å². The molecule has 0 saturated carbocycles. The van der Waals surface area contributed by atoms with Crippen LogP contribution in [0.4, 0.5) is 0 Å². The summed E-state index contributed by atoms with van der Waals surface area (Å²) in [6, 6.07) is 64.4. The van der Waals surface area contributed by atoms with E-state index in [9.17, 15) is 0 Å². The summed E-state index contributed by atoms with van der Waals surface area (Å²) in [6.07, 6.45) is 0. The highest BCUT2D eigenvalue weighted by Gasteiger charge is 2.22. The van der Waals surface area contributed by atoms with Gasteiger partial charge < -0.3 is 8.98 Å². The van der Waals surface area contributed by atoms with Crippen LogP contribution in [-0.2, 0) is 0 Å². The lowest BCUT2D eigenvalue weighted by Gasteiger charge is -2.19. The number of nitrogens with zero attached hydrogens (tertiary/aromatic N) is 1. The van der Waals surface area contributed by atoms with Crippen molar-refractivity contribution >= 4 is 86.8 Å². The van der Waals surface area contributed by atoms with Crippen LogP contribution in [0.25, 0.3) is 115 Å². The van der Waals surface area contributed by atoms with Gasteiger partial charge in [-0.15, -0.1) is 0 Å². The molecular formula is C50H29NO. The van der Waals surface area contributed by atoms with Crippen molar-refractivity contribution in [2.45, 2.75) is 0 Å². The first-order valence-corrected chi connectivity index (χ1v) is 17.9. The number of hydrogen-bond donors (Lipinski definition) is 0. The molecule has 0 aliphatic rings. The Bertz CT molecular complexity index is 3340. The number of aromatic nitrogens is 1. The van der Waals surface area contributed by atoms with E-state index in [1.54, 1.807) is 0 Å². The van der Waals surface area contributed by atoms with E-state index >= 15 is 0 Å². The molecular weight excluding hydrogens is 631 g/mol. The van der Waals surface area contributed by atoms with E-state index < -0.39 is 0 Å². The Morgan fingerprint density at radius 2 is 0.904 bits per heavy atom. The van der Waals surface area contributed by atoms with E-state index in [4.69, 9.17) is 4.42 Å². The third kappa shape index (κ3) is 3.73. The second-order valence-electron chi connectivity index (χ2n) is 14.0. The summed E-state index contributed by atoms with van der Waals surface area (Å²) in [7, 11) is 0. The van der Waals surface area contributed by atoms with Crippen LogP contribution in [0.15, 0.2) is 180 Å². The van der Waals surface area contributed by atoms with Crippen molar-refractivity contribution in [1.82, 2.24) is 4.57 Å². The average molecular weight is 660 g/mol. The van der Waals surface area contributed by atoms with Gasteiger partial charge in [0.15, 0.2) is 0 Å². The predicted octanol–water partition coefficient (Wildman–Crippen LogP) is 14.1. The summed E-state index contributed by atoms with van der Waals surface area (Å²) in [6.45, 7) is 0. The van der Waals surface area contributed by atoms with Gasteiger partial charge in [-0.25, -0.2) is 0 Å². The minimum Gasteiger partial charge on any atom is -0.456 e. The van der Waals surface area contributed by atoms with Gasteiger partial charge in [-0.2, -0.15) is 0 Å². The summed E-state index contributed by atoms with van der Waals surface area (Å²) in [4.78, 5) is 0. The molecule has 0 amide bonds. The number of fused-ring (bicyclic) bond motifs is 6. The minimum absolute atomic E-state index is 0.937. The fraction of sp³-hybridized carbons (Fsp3) is 0. The van der Waals surface area contributed by atoms with E-state index in [1.165, 1.54) is 97.9 Å². The Morgan fingerprint density at radius 1 is 0.346 bits per heavy atom. The van der Waals surface area contributed by atoms with Crippen molar-refractivity contribution in [2.75, 3.05) is 0 Å². The zero-order chi connectivity index (χ0) is 33.9. The molecule has 0 fully saturated rings. The van der Waals surface area contributed by atoms with Crippen molar-refractivity contribution in [1.29, 1.82) is 0 Å². The molecule has 2 nitrogen and oxygen atoms in total.